The molecule has 148 valence electrons. The molecule has 0 bridgehead atoms. The second kappa shape index (κ2) is 7.97. The zero-order chi connectivity index (χ0) is 20.4. The van der Waals surface area contributed by atoms with Crippen LogP contribution in [0, 0.1) is 6.92 Å². The van der Waals surface area contributed by atoms with Crippen molar-refractivity contribution in [2.75, 3.05) is 12.4 Å². The number of nitrogens with one attached hydrogen (secondary N) is 1. The van der Waals surface area contributed by atoms with Gasteiger partial charge < -0.3 is 14.0 Å². The number of carbonyl (C=O) groups is 1. The number of amides is 1. The van der Waals surface area contributed by atoms with Crippen molar-refractivity contribution < 1.29 is 14.3 Å². The fourth-order valence-electron chi connectivity index (χ4n) is 3.15. The molecule has 0 unspecified atom stereocenters. The van der Waals surface area contributed by atoms with Crippen molar-refractivity contribution in [3.63, 3.8) is 0 Å². The predicted molar refractivity (Wildman–Crippen MR) is 116 cm³/mol. The number of thiazole rings is 1. The Kier molecular flexibility index (Phi) is 5.22. The molecule has 2 aromatic heterocycles. The van der Waals surface area contributed by atoms with E-state index in [1.807, 2.05) is 68.7 Å². The number of rotatable bonds is 5. The highest BCUT2D eigenvalue weighted by Crippen LogP contribution is 2.36. The van der Waals surface area contributed by atoms with Gasteiger partial charge in [-0.3, -0.25) is 5.32 Å². The molecule has 0 radical (unpaired) electrons. The van der Waals surface area contributed by atoms with Crippen LogP contribution in [0.2, 0.25) is 0 Å². The molecule has 29 heavy (non-hydrogen) atoms. The Bertz CT molecular complexity index is 1180. The lowest BCUT2D eigenvalue weighted by atomic mass is 10.2. The summed E-state index contributed by atoms with van der Waals surface area (Å²) in [5.74, 6) is 0.742. The van der Waals surface area contributed by atoms with Crippen LogP contribution >= 0.6 is 11.3 Å². The first-order chi connectivity index (χ1) is 14.0. The molecular weight excluding hydrogens is 386 g/mol. The van der Waals surface area contributed by atoms with Crippen LogP contribution in [0.4, 0.5) is 9.80 Å². The number of hydrogen-bond acceptors (Lipinski definition) is 5. The Balaban J connectivity index is 1.43. The van der Waals surface area contributed by atoms with Gasteiger partial charge in [-0.15, -0.1) is 0 Å². The summed E-state index contributed by atoms with van der Waals surface area (Å²) in [5.41, 5.74) is 3.70. The Morgan fingerprint density at radius 2 is 2.03 bits per heavy atom. The van der Waals surface area contributed by atoms with Crippen molar-refractivity contribution >= 4 is 33.3 Å². The molecule has 0 spiro atoms. The normalized spacial score (nSPS) is 10.9. The molecule has 2 aromatic carbocycles. The summed E-state index contributed by atoms with van der Waals surface area (Å²) in [7, 11) is 3.63. The average molecular weight is 407 g/mol. The fourth-order valence-corrected chi connectivity index (χ4v) is 4.13. The minimum atomic E-state index is -0.503. The number of aryl methyl sites for hydroxylation is 2. The first-order valence-electron chi connectivity index (χ1n) is 9.13. The van der Waals surface area contributed by atoms with E-state index in [9.17, 15) is 4.79 Å². The Morgan fingerprint density at radius 3 is 2.86 bits per heavy atom. The number of anilines is 1. The molecule has 7 heteroatoms. The van der Waals surface area contributed by atoms with Gasteiger partial charge in [-0.2, -0.15) is 0 Å². The van der Waals surface area contributed by atoms with Crippen LogP contribution in [0.1, 0.15) is 11.3 Å². The molecule has 0 fully saturated rings. The van der Waals surface area contributed by atoms with E-state index in [4.69, 9.17) is 9.47 Å². The quantitative estimate of drug-likeness (QED) is 0.483. The molecule has 0 aliphatic rings. The largest absolute Gasteiger partial charge is 0.496 e. The van der Waals surface area contributed by atoms with Crippen LogP contribution in [0.15, 0.2) is 54.7 Å². The fraction of sp³-hybridized carbons (Fsp3) is 0.182. The van der Waals surface area contributed by atoms with Crippen LogP contribution in [-0.4, -0.2) is 22.8 Å². The van der Waals surface area contributed by atoms with E-state index in [1.165, 1.54) is 11.3 Å². The summed E-state index contributed by atoms with van der Waals surface area (Å²) >= 11 is 1.39. The second-order valence-corrected chi connectivity index (χ2v) is 7.65. The third-order valence-corrected chi connectivity index (χ3v) is 5.78. The monoisotopic (exact) mass is 407 g/mol. The number of aromatic nitrogens is 2. The topological polar surface area (TPSA) is 65.4 Å². The summed E-state index contributed by atoms with van der Waals surface area (Å²) in [6.07, 6.45) is 1.50. The summed E-state index contributed by atoms with van der Waals surface area (Å²) in [4.78, 5) is 16.9. The lowest BCUT2D eigenvalue weighted by Gasteiger charge is -2.07. The number of methoxy groups -OCH3 is 1. The van der Waals surface area contributed by atoms with Gasteiger partial charge in [0.15, 0.2) is 0 Å². The van der Waals surface area contributed by atoms with Crippen LogP contribution < -0.4 is 10.1 Å². The Hall–Kier alpha value is -3.32. The van der Waals surface area contributed by atoms with E-state index in [0.717, 1.165) is 38.5 Å². The van der Waals surface area contributed by atoms with Crippen molar-refractivity contribution in [1.29, 1.82) is 0 Å². The highest BCUT2D eigenvalue weighted by atomic mass is 32.1. The van der Waals surface area contributed by atoms with E-state index in [1.54, 1.807) is 7.11 Å². The standard InChI is InChI=1S/C22H21N3O3S/c1-14-20(29-21(23-14)17-6-4-5-7-19(17)27-3)24-22(26)28-13-15-8-9-18-16(12-15)10-11-25(18)2/h4-12H,13H2,1-3H3,(H,24,26). The number of benzene rings is 2. The van der Waals surface area contributed by atoms with E-state index < -0.39 is 6.09 Å². The maximum absolute atomic E-state index is 12.3. The Morgan fingerprint density at radius 1 is 1.21 bits per heavy atom. The number of fused-ring (bicyclic) bond motifs is 1. The lowest BCUT2D eigenvalue weighted by molar-refractivity contribution is 0.155. The molecule has 2 heterocycles. The molecule has 1 amide bonds. The van der Waals surface area contributed by atoms with Crippen LogP contribution in [-0.2, 0) is 18.4 Å². The summed E-state index contributed by atoms with van der Waals surface area (Å²) in [6, 6.07) is 15.7. The van der Waals surface area contributed by atoms with Crippen molar-refractivity contribution in [3.8, 4) is 16.3 Å². The van der Waals surface area contributed by atoms with Gasteiger partial charge in [-0.1, -0.05) is 29.5 Å². The minimum absolute atomic E-state index is 0.202. The average Bonchev–Trinajstić information content (AvgIpc) is 3.28. The summed E-state index contributed by atoms with van der Waals surface area (Å²) in [6.45, 7) is 2.06. The van der Waals surface area contributed by atoms with E-state index in [-0.39, 0.29) is 6.61 Å². The molecule has 1 N–H and O–H groups in total. The van der Waals surface area contributed by atoms with Crippen molar-refractivity contribution in [1.82, 2.24) is 9.55 Å². The number of ether oxygens (including phenoxy) is 2. The van der Waals surface area contributed by atoms with Gasteiger partial charge in [-0.05, 0) is 48.2 Å². The highest BCUT2D eigenvalue weighted by molar-refractivity contribution is 7.19. The summed E-state index contributed by atoms with van der Waals surface area (Å²) < 4.78 is 12.9. The lowest BCUT2D eigenvalue weighted by Crippen LogP contribution is -2.13. The van der Waals surface area contributed by atoms with Gasteiger partial charge in [0.25, 0.3) is 0 Å². The third kappa shape index (κ3) is 3.95. The van der Waals surface area contributed by atoms with Crippen LogP contribution in [0.25, 0.3) is 21.5 Å². The van der Waals surface area contributed by atoms with E-state index >= 15 is 0 Å². The molecule has 4 aromatic rings. The predicted octanol–water partition coefficient (Wildman–Crippen LogP) is 5.37. The van der Waals surface area contributed by atoms with E-state index in [0.29, 0.717) is 5.00 Å². The molecule has 0 atom stereocenters. The van der Waals surface area contributed by atoms with Gasteiger partial charge in [0.1, 0.15) is 22.4 Å². The second-order valence-electron chi connectivity index (χ2n) is 6.65. The minimum Gasteiger partial charge on any atom is -0.496 e. The van der Waals surface area contributed by atoms with Gasteiger partial charge in [0.05, 0.1) is 18.4 Å². The van der Waals surface area contributed by atoms with Gasteiger partial charge >= 0.3 is 6.09 Å². The molecular formula is C22H21N3O3S. The molecule has 6 nitrogen and oxygen atoms in total. The van der Waals surface area contributed by atoms with E-state index in [2.05, 4.69) is 14.9 Å². The highest BCUT2D eigenvalue weighted by Gasteiger charge is 2.15. The molecule has 0 aliphatic heterocycles. The molecule has 0 aliphatic carbocycles. The molecule has 0 saturated carbocycles. The number of carbonyl (C=O) groups excluding carboxylic acids is 1. The third-order valence-electron chi connectivity index (χ3n) is 4.67. The zero-order valence-corrected chi connectivity index (χ0v) is 17.2. The molecule has 4 rings (SSSR count). The maximum atomic E-state index is 12.3. The van der Waals surface area contributed by atoms with Crippen molar-refractivity contribution in [2.24, 2.45) is 7.05 Å². The number of nitrogens with zero attached hydrogens (tertiary/aromatic N) is 2. The maximum Gasteiger partial charge on any atom is 0.412 e. The van der Waals surface area contributed by atoms with Gasteiger partial charge in [0.2, 0.25) is 0 Å². The first kappa shape index (κ1) is 19.0. The first-order valence-corrected chi connectivity index (χ1v) is 9.95. The summed E-state index contributed by atoms with van der Waals surface area (Å²) in [5, 5.41) is 5.36. The number of hydrogen-bond donors (Lipinski definition) is 1. The van der Waals surface area contributed by atoms with Gasteiger partial charge in [-0.25, -0.2) is 9.78 Å². The van der Waals surface area contributed by atoms with Gasteiger partial charge in [0, 0.05) is 18.8 Å². The molecule has 0 saturated heterocycles. The zero-order valence-electron chi connectivity index (χ0n) is 16.4. The Labute approximate surface area is 172 Å². The smallest absolute Gasteiger partial charge is 0.412 e. The van der Waals surface area contributed by atoms with Crippen molar-refractivity contribution in [2.45, 2.75) is 13.5 Å². The SMILES string of the molecule is COc1ccccc1-c1nc(C)c(NC(=O)OCc2ccc3c(ccn3C)c2)s1. The van der Waals surface area contributed by atoms with Crippen molar-refractivity contribution in [3.05, 3.63) is 66.0 Å². The number of para-hydroxylation sites is 1. The van der Waals surface area contributed by atoms with Crippen LogP contribution in [0.5, 0.6) is 5.75 Å². The van der Waals surface area contributed by atoms with Crippen LogP contribution in [0.3, 0.4) is 0 Å².